The summed E-state index contributed by atoms with van der Waals surface area (Å²) in [4.78, 5) is 14.1. The highest BCUT2D eigenvalue weighted by molar-refractivity contribution is 9.08. The summed E-state index contributed by atoms with van der Waals surface area (Å²) in [6.07, 6.45) is 0.957. The standard InChI is InChI=1S/C14H21BrN2O/c1-11(8-9-17(2)3)16-14(18)13-6-4-12(10-15)5-7-13/h4-7,11H,8-10H2,1-3H3,(H,16,18). The number of carbonyl (C=O) groups is 1. The maximum atomic E-state index is 12.0. The molecular weight excluding hydrogens is 292 g/mol. The number of nitrogens with zero attached hydrogens (tertiary/aromatic N) is 1. The van der Waals surface area contributed by atoms with Crippen molar-refractivity contribution in [1.82, 2.24) is 10.2 Å². The zero-order valence-corrected chi connectivity index (χ0v) is 12.8. The summed E-state index contributed by atoms with van der Waals surface area (Å²) < 4.78 is 0. The minimum Gasteiger partial charge on any atom is -0.350 e. The van der Waals surface area contributed by atoms with E-state index in [-0.39, 0.29) is 11.9 Å². The number of amides is 1. The second-order valence-corrected chi connectivity index (χ2v) is 5.36. The normalized spacial score (nSPS) is 12.5. The highest BCUT2D eigenvalue weighted by atomic mass is 79.9. The smallest absolute Gasteiger partial charge is 0.251 e. The van der Waals surface area contributed by atoms with Gasteiger partial charge in [0.15, 0.2) is 0 Å². The summed E-state index contributed by atoms with van der Waals surface area (Å²) >= 11 is 3.39. The Morgan fingerprint density at radius 3 is 2.44 bits per heavy atom. The Labute approximate surface area is 118 Å². The van der Waals surface area contributed by atoms with Crippen LogP contribution in [0.25, 0.3) is 0 Å². The van der Waals surface area contributed by atoms with Crippen molar-refractivity contribution in [3.05, 3.63) is 35.4 Å². The Hall–Kier alpha value is -0.870. The van der Waals surface area contributed by atoms with E-state index in [1.807, 2.05) is 45.3 Å². The summed E-state index contributed by atoms with van der Waals surface area (Å²) in [5.74, 6) is 0.00220. The van der Waals surface area contributed by atoms with Crippen molar-refractivity contribution in [2.45, 2.75) is 24.7 Å². The molecule has 4 heteroatoms. The molecule has 18 heavy (non-hydrogen) atoms. The molecule has 0 aliphatic carbocycles. The molecule has 0 saturated heterocycles. The van der Waals surface area contributed by atoms with Crippen molar-refractivity contribution >= 4 is 21.8 Å². The number of halogens is 1. The van der Waals surface area contributed by atoms with Gasteiger partial charge in [-0.1, -0.05) is 28.1 Å². The second-order valence-electron chi connectivity index (χ2n) is 4.80. The lowest BCUT2D eigenvalue weighted by Crippen LogP contribution is -2.34. The molecule has 1 rings (SSSR count). The summed E-state index contributed by atoms with van der Waals surface area (Å²) in [5, 5.41) is 3.83. The van der Waals surface area contributed by atoms with Crippen LogP contribution in [0.3, 0.4) is 0 Å². The van der Waals surface area contributed by atoms with Crippen molar-refractivity contribution in [3.63, 3.8) is 0 Å². The molecule has 1 aromatic carbocycles. The number of rotatable bonds is 6. The molecule has 1 N–H and O–H groups in total. The number of nitrogens with one attached hydrogen (secondary N) is 1. The quantitative estimate of drug-likeness (QED) is 0.819. The summed E-state index contributed by atoms with van der Waals surface area (Å²) in [5.41, 5.74) is 1.89. The first-order valence-electron chi connectivity index (χ1n) is 6.13. The molecule has 0 spiro atoms. The predicted molar refractivity (Wildman–Crippen MR) is 79.2 cm³/mol. The summed E-state index contributed by atoms with van der Waals surface area (Å²) in [6.45, 7) is 3.01. The average Bonchev–Trinajstić information content (AvgIpc) is 2.36. The third kappa shape index (κ3) is 5.19. The van der Waals surface area contributed by atoms with Crippen molar-refractivity contribution in [2.24, 2.45) is 0 Å². The van der Waals surface area contributed by atoms with Crippen molar-refractivity contribution in [3.8, 4) is 0 Å². The van der Waals surface area contributed by atoms with E-state index < -0.39 is 0 Å². The van der Waals surface area contributed by atoms with Gasteiger partial charge in [0.05, 0.1) is 0 Å². The van der Waals surface area contributed by atoms with E-state index in [2.05, 4.69) is 26.1 Å². The number of hydrogen-bond donors (Lipinski definition) is 1. The van der Waals surface area contributed by atoms with Crippen LogP contribution in [0.1, 0.15) is 29.3 Å². The van der Waals surface area contributed by atoms with E-state index in [0.717, 1.165) is 23.9 Å². The molecule has 100 valence electrons. The van der Waals surface area contributed by atoms with Crippen LogP contribution in [0.15, 0.2) is 24.3 Å². The van der Waals surface area contributed by atoms with Crippen LogP contribution in [0.5, 0.6) is 0 Å². The van der Waals surface area contributed by atoms with Crippen LogP contribution in [0.2, 0.25) is 0 Å². The fraction of sp³-hybridized carbons (Fsp3) is 0.500. The minimum atomic E-state index is 0.00220. The van der Waals surface area contributed by atoms with Gasteiger partial charge in [0.1, 0.15) is 0 Å². The van der Waals surface area contributed by atoms with Gasteiger partial charge in [-0.15, -0.1) is 0 Å². The lowest BCUT2D eigenvalue weighted by atomic mass is 10.1. The molecule has 0 fully saturated rings. The van der Waals surface area contributed by atoms with E-state index in [1.165, 1.54) is 5.56 Å². The Kier molecular flexibility index (Phi) is 6.36. The molecule has 1 amide bonds. The lowest BCUT2D eigenvalue weighted by Gasteiger charge is -2.16. The monoisotopic (exact) mass is 312 g/mol. The molecule has 1 aromatic rings. The highest BCUT2D eigenvalue weighted by Gasteiger charge is 2.09. The Balaban J connectivity index is 2.48. The number of benzene rings is 1. The molecular formula is C14H21BrN2O. The van der Waals surface area contributed by atoms with Gasteiger partial charge in [-0.3, -0.25) is 4.79 Å². The number of alkyl halides is 1. The zero-order valence-electron chi connectivity index (χ0n) is 11.2. The third-order valence-corrected chi connectivity index (χ3v) is 3.40. The fourth-order valence-corrected chi connectivity index (χ4v) is 1.95. The molecule has 0 heterocycles. The van der Waals surface area contributed by atoms with Crippen LogP contribution < -0.4 is 5.32 Å². The maximum Gasteiger partial charge on any atom is 0.251 e. The van der Waals surface area contributed by atoms with E-state index in [1.54, 1.807) is 0 Å². The van der Waals surface area contributed by atoms with Crippen molar-refractivity contribution in [1.29, 1.82) is 0 Å². The third-order valence-electron chi connectivity index (χ3n) is 2.76. The van der Waals surface area contributed by atoms with Gasteiger partial charge in [0.25, 0.3) is 5.91 Å². The van der Waals surface area contributed by atoms with Gasteiger partial charge in [-0.05, 0) is 51.7 Å². The molecule has 1 atom stereocenters. The Morgan fingerprint density at radius 1 is 1.33 bits per heavy atom. The summed E-state index contributed by atoms with van der Waals surface area (Å²) in [6, 6.07) is 7.85. The summed E-state index contributed by atoms with van der Waals surface area (Å²) in [7, 11) is 4.07. The SMILES string of the molecule is CC(CCN(C)C)NC(=O)c1ccc(CBr)cc1. The van der Waals surface area contributed by atoms with Crippen LogP contribution in [0.4, 0.5) is 0 Å². The van der Waals surface area contributed by atoms with Gasteiger partial charge in [0, 0.05) is 16.9 Å². The van der Waals surface area contributed by atoms with E-state index in [9.17, 15) is 4.79 Å². The van der Waals surface area contributed by atoms with Gasteiger partial charge in [-0.2, -0.15) is 0 Å². The minimum absolute atomic E-state index is 0.00220. The second kappa shape index (κ2) is 7.54. The molecule has 3 nitrogen and oxygen atoms in total. The van der Waals surface area contributed by atoms with Crippen LogP contribution in [-0.4, -0.2) is 37.5 Å². The van der Waals surface area contributed by atoms with Crippen LogP contribution in [-0.2, 0) is 5.33 Å². The Bertz CT molecular complexity index is 376. The first-order valence-corrected chi connectivity index (χ1v) is 7.25. The van der Waals surface area contributed by atoms with Gasteiger partial charge >= 0.3 is 0 Å². The molecule has 0 aromatic heterocycles. The molecule has 0 saturated carbocycles. The van der Waals surface area contributed by atoms with E-state index in [4.69, 9.17) is 0 Å². The first kappa shape index (κ1) is 15.2. The van der Waals surface area contributed by atoms with Gasteiger partial charge in [-0.25, -0.2) is 0 Å². The van der Waals surface area contributed by atoms with E-state index in [0.29, 0.717) is 0 Å². The topological polar surface area (TPSA) is 32.3 Å². The van der Waals surface area contributed by atoms with Crippen molar-refractivity contribution in [2.75, 3.05) is 20.6 Å². The predicted octanol–water partition coefficient (Wildman–Crippen LogP) is 2.65. The average molecular weight is 313 g/mol. The van der Waals surface area contributed by atoms with E-state index >= 15 is 0 Å². The first-order chi connectivity index (χ1) is 8.52. The molecule has 0 radical (unpaired) electrons. The Morgan fingerprint density at radius 2 is 1.94 bits per heavy atom. The molecule has 0 aliphatic rings. The maximum absolute atomic E-state index is 12.0. The van der Waals surface area contributed by atoms with Crippen molar-refractivity contribution < 1.29 is 4.79 Å². The highest BCUT2D eigenvalue weighted by Crippen LogP contribution is 2.08. The van der Waals surface area contributed by atoms with Gasteiger partial charge in [0.2, 0.25) is 0 Å². The van der Waals surface area contributed by atoms with Crippen LogP contribution >= 0.6 is 15.9 Å². The largest absolute Gasteiger partial charge is 0.350 e. The number of hydrogen-bond acceptors (Lipinski definition) is 2. The molecule has 0 aliphatic heterocycles. The lowest BCUT2D eigenvalue weighted by molar-refractivity contribution is 0.0937. The van der Waals surface area contributed by atoms with Crippen LogP contribution in [0, 0.1) is 0 Å². The molecule has 0 bridgehead atoms. The van der Waals surface area contributed by atoms with Gasteiger partial charge < -0.3 is 10.2 Å². The zero-order chi connectivity index (χ0) is 13.5. The fourth-order valence-electron chi connectivity index (χ4n) is 1.58. The number of carbonyl (C=O) groups excluding carboxylic acids is 1. The molecule has 1 unspecified atom stereocenters.